The summed E-state index contributed by atoms with van der Waals surface area (Å²) in [5.74, 6) is 1.47. The lowest BCUT2D eigenvalue weighted by molar-refractivity contribution is 0.304. The van der Waals surface area contributed by atoms with E-state index in [9.17, 15) is 4.79 Å². The average molecular weight is 195 g/mol. The van der Waals surface area contributed by atoms with Crippen molar-refractivity contribution in [1.29, 1.82) is 0 Å². The van der Waals surface area contributed by atoms with Crippen molar-refractivity contribution >= 4 is 6.29 Å². The van der Waals surface area contributed by atoms with Gasteiger partial charge in [0.2, 0.25) is 12.0 Å². The smallest absolute Gasteiger partial charge is 0.239 e. The van der Waals surface area contributed by atoms with E-state index in [0.29, 0.717) is 17.2 Å². The highest BCUT2D eigenvalue weighted by molar-refractivity contribution is 5.56. The lowest BCUT2D eigenvalue weighted by Crippen LogP contribution is -2.01. The molecule has 14 heavy (non-hydrogen) atoms. The van der Waals surface area contributed by atoms with E-state index in [1.807, 2.05) is 0 Å². The van der Waals surface area contributed by atoms with Crippen LogP contribution in [0, 0.1) is 0 Å². The summed E-state index contributed by atoms with van der Waals surface area (Å²) < 4.78 is 15.2. The summed E-state index contributed by atoms with van der Waals surface area (Å²) in [6, 6.07) is 5.22. The van der Waals surface area contributed by atoms with Crippen LogP contribution in [0.5, 0.6) is 17.2 Å². The van der Waals surface area contributed by atoms with Crippen molar-refractivity contribution in [2.24, 2.45) is 0 Å². The highest BCUT2D eigenvalue weighted by Gasteiger charge is 2.10. The zero-order chi connectivity index (χ0) is 10.4. The molecule has 4 nitrogen and oxygen atoms in total. The van der Waals surface area contributed by atoms with Crippen molar-refractivity contribution < 1.29 is 19.0 Å². The molecule has 1 radical (unpaired) electrons. The van der Waals surface area contributed by atoms with Crippen LogP contribution < -0.4 is 14.2 Å². The van der Waals surface area contributed by atoms with Crippen LogP contribution in [0.25, 0.3) is 0 Å². The van der Waals surface area contributed by atoms with Crippen LogP contribution in [0.15, 0.2) is 18.2 Å². The Hall–Kier alpha value is -1.71. The molecule has 0 N–H and O–H groups in total. The van der Waals surface area contributed by atoms with Gasteiger partial charge in [0.1, 0.15) is 0 Å². The highest BCUT2D eigenvalue weighted by atomic mass is 16.5. The van der Waals surface area contributed by atoms with Crippen LogP contribution >= 0.6 is 0 Å². The SMILES string of the molecule is COc1cccc(OC)c1OC[C]=O. The van der Waals surface area contributed by atoms with E-state index in [2.05, 4.69) is 0 Å². The van der Waals surface area contributed by atoms with Crippen molar-refractivity contribution in [3.63, 3.8) is 0 Å². The van der Waals surface area contributed by atoms with Crippen LogP contribution in [0.1, 0.15) is 0 Å². The largest absolute Gasteiger partial charge is 0.493 e. The predicted molar refractivity (Wildman–Crippen MR) is 50.7 cm³/mol. The van der Waals surface area contributed by atoms with E-state index in [-0.39, 0.29) is 6.61 Å². The predicted octanol–water partition coefficient (Wildman–Crippen LogP) is 1.19. The Labute approximate surface area is 82.4 Å². The van der Waals surface area contributed by atoms with Crippen molar-refractivity contribution in [2.45, 2.75) is 0 Å². The fraction of sp³-hybridized carbons (Fsp3) is 0.300. The maximum absolute atomic E-state index is 10.0. The second kappa shape index (κ2) is 5.11. The Morgan fingerprint density at radius 2 is 1.79 bits per heavy atom. The van der Waals surface area contributed by atoms with E-state index < -0.39 is 0 Å². The molecule has 0 fully saturated rings. The molecular formula is C10H11O4. The molecule has 0 aliphatic carbocycles. The van der Waals surface area contributed by atoms with E-state index in [1.165, 1.54) is 14.2 Å². The van der Waals surface area contributed by atoms with Gasteiger partial charge in [-0.1, -0.05) is 6.07 Å². The molecular weight excluding hydrogens is 184 g/mol. The fourth-order valence-electron chi connectivity index (χ4n) is 1.06. The van der Waals surface area contributed by atoms with Gasteiger partial charge in [0.15, 0.2) is 18.1 Å². The topological polar surface area (TPSA) is 44.8 Å². The normalized spacial score (nSPS) is 9.29. The average Bonchev–Trinajstić information content (AvgIpc) is 2.25. The molecule has 0 atom stereocenters. The first-order chi connectivity index (χ1) is 6.83. The van der Waals surface area contributed by atoms with Crippen LogP contribution in [0.2, 0.25) is 0 Å². The summed E-state index contributed by atoms with van der Waals surface area (Å²) >= 11 is 0. The van der Waals surface area contributed by atoms with Crippen LogP contribution in [0.4, 0.5) is 0 Å². The number of ether oxygens (including phenoxy) is 3. The molecule has 0 amide bonds. The highest BCUT2D eigenvalue weighted by Crippen LogP contribution is 2.36. The molecule has 1 aromatic rings. The number of para-hydroxylation sites is 1. The molecule has 0 spiro atoms. The van der Waals surface area contributed by atoms with Gasteiger partial charge in [0.25, 0.3) is 0 Å². The summed E-state index contributed by atoms with van der Waals surface area (Å²) in [4.78, 5) is 10.0. The molecule has 0 aliphatic heterocycles. The summed E-state index contributed by atoms with van der Waals surface area (Å²) in [5.41, 5.74) is 0. The third-order valence-electron chi connectivity index (χ3n) is 1.66. The number of hydrogen-bond acceptors (Lipinski definition) is 4. The number of carbonyl (C=O) groups excluding carboxylic acids is 1. The molecule has 75 valence electrons. The van der Waals surface area contributed by atoms with Crippen molar-refractivity contribution in [1.82, 2.24) is 0 Å². The third kappa shape index (κ3) is 2.16. The molecule has 0 heterocycles. The first-order valence-corrected chi connectivity index (χ1v) is 4.02. The first-order valence-electron chi connectivity index (χ1n) is 4.02. The fourth-order valence-corrected chi connectivity index (χ4v) is 1.06. The van der Waals surface area contributed by atoms with Gasteiger partial charge in [-0.25, -0.2) is 0 Å². The van der Waals surface area contributed by atoms with E-state index >= 15 is 0 Å². The summed E-state index contributed by atoms with van der Waals surface area (Å²) in [6.45, 7) is -0.142. The minimum Gasteiger partial charge on any atom is -0.493 e. The van der Waals surface area contributed by atoms with E-state index in [1.54, 1.807) is 24.5 Å². The first kappa shape index (κ1) is 10.4. The van der Waals surface area contributed by atoms with E-state index in [0.717, 1.165) is 0 Å². The molecule has 0 saturated heterocycles. The molecule has 1 rings (SSSR count). The Balaban J connectivity index is 2.99. The van der Waals surface area contributed by atoms with Gasteiger partial charge in [0.05, 0.1) is 14.2 Å². The quantitative estimate of drug-likeness (QED) is 0.708. The summed E-state index contributed by atoms with van der Waals surface area (Å²) in [6.07, 6.45) is 1.64. The van der Waals surface area contributed by atoms with Gasteiger partial charge in [-0.15, -0.1) is 0 Å². The monoisotopic (exact) mass is 195 g/mol. The van der Waals surface area contributed by atoms with Gasteiger partial charge in [0, 0.05) is 0 Å². The second-order valence-corrected chi connectivity index (χ2v) is 2.42. The van der Waals surface area contributed by atoms with Crippen LogP contribution in [0.3, 0.4) is 0 Å². The number of benzene rings is 1. The maximum atomic E-state index is 10.0. The standard InChI is InChI=1S/C10H11O4/c1-12-8-4-3-5-9(13-2)10(8)14-7-6-11/h3-5H,7H2,1-2H3. The van der Waals surface area contributed by atoms with Crippen molar-refractivity contribution in [3.05, 3.63) is 18.2 Å². The summed E-state index contributed by atoms with van der Waals surface area (Å²) in [7, 11) is 3.04. The Kier molecular flexibility index (Phi) is 3.79. The zero-order valence-electron chi connectivity index (χ0n) is 8.07. The zero-order valence-corrected chi connectivity index (χ0v) is 8.07. The van der Waals surface area contributed by atoms with Crippen LogP contribution in [-0.2, 0) is 4.79 Å². The Morgan fingerprint density at radius 1 is 1.21 bits per heavy atom. The van der Waals surface area contributed by atoms with Crippen molar-refractivity contribution in [2.75, 3.05) is 20.8 Å². The Bertz CT molecular complexity index is 287. The second-order valence-electron chi connectivity index (χ2n) is 2.42. The van der Waals surface area contributed by atoms with Crippen LogP contribution in [-0.4, -0.2) is 27.1 Å². The van der Waals surface area contributed by atoms with Crippen molar-refractivity contribution in [3.8, 4) is 17.2 Å². The molecule has 0 saturated carbocycles. The Morgan fingerprint density at radius 3 is 2.21 bits per heavy atom. The van der Waals surface area contributed by atoms with Gasteiger partial charge in [-0.2, -0.15) is 0 Å². The number of hydrogen-bond donors (Lipinski definition) is 0. The third-order valence-corrected chi connectivity index (χ3v) is 1.66. The van der Waals surface area contributed by atoms with Gasteiger partial charge in [-0.3, -0.25) is 4.79 Å². The molecule has 0 aromatic heterocycles. The maximum Gasteiger partial charge on any atom is 0.239 e. The minimum atomic E-state index is -0.142. The van der Waals surface area contributed by atoms with Gasteiger partial charge >= 0.3 is 0 Å². The van der Waals surface area contributed by atoms with E-state index in [4.69, 9.17) is 14.2 Å². The number of rotatable bonds is 5. The lowest BCUT2D eigenvalue weighted by atomic mass is 10.3. The lowest BCUT2D eigenvalue weighted by Gasteiger charge is -2.11. The minimum absolute atomic E-state index is 0.142. The van der Waals surface area contributed by atoms with Gasteiger partial charge in [-0.05, 0) is 12.1 Å². The molecule has 4 heteroatoms. The molecule has 0 unspecified atom stereocenters. The summed E-state index contributed by atoms with van der Waals surface area (Å²) in [5, 5.41) is 0. The molecule has 1 aromatic carbocycles. The number of methoxy groups -OCH3 is 2. The van der Waals surface area contributed by atoms with Gasteiger partial charge < -0.3 is 14.2 Å². The molecule has 0 bridgehead atoms. The molecule has 0 aliphatic rings.